The van der Waals surface area contributed by atoms with Crippen LogP contribution in [0.1, 0.15) is 22.0 Å². The van der Waals surface area contributed by atoms with Crippen molar-refractivity contribution in [3.8, 4) is 0 Å². The number of ether oxygens (including phenoxy) is 1. The molecule has 10 nitrogen and oxygen atoms in total. The lowest BCUT2D eigenvalue weighted by Gasteiger charge is -2.36. The number of hydrogen-bond donors (Lipinski definition) is 3. The summed E-state index contributed by atoms with van der Waals surface area (Å²) in [6.07, 6.45) is -3.57. The number of carbonyl (C=O) groups is 1. The van der Waals surface area contributed by atoms with E-state index in [0.717, 1.165) is 0 Å². The number of methoxy groups -OCH3 is 1. The molecule has 3 heterocycles. The highest BCUT2D eigenvalue weighted by atomic mass is 35.5. The Balaban J connectivity index is 1.41. The maximum Gasteiger partial charge on any atom is 0.268 e. The summed E-state index contributed by atoms with van der Waals surface area (Å²) in [5, 5.41) is 17.4. The predicted molar refractivity (Wildman–Crippen MR) is 155 cm³/mol. The van der Waals surface area contributed by atoms with Crippen LogP contribution in [0.25, 0.3) is 0 Å². The zero-order valence-corrected chi connectivity index (χ0v) is 23.8. The molecule has 0 saturated carbocycles. The maximum absolute atomic E-state index is 13.7. The van der Waals surface area contributed by atoms with Gasteiger partial charge in [0.05, 0.1) is 29.0 Å². The average Bonchev–Trinajstić information content (AvgIpc) is 2.95. The van der Waals surface area contributed by atoms with Gasteiger partial charge in [-0.25, -0.2) is 13.8 Å². The van der Waals surface area contributed by atoms with Crippen LogP contribution in [0.15, 0.2) is 42.6 Å². The number of rotatable bonds is 8. The number of para-hydroxylation sites is 1. The number of anilines is 5. The predicted octanol–water partition coefficient (Wildman–Crippen LogP) is 4.30. The highest BCUT2D eigenvalue weighted by molar-refractivity contribution is 6.40. The van der Waals surface area contributed by atoms with E-state index < -0.39 is 12.5 Å². The smallest absolute Gasteiger partial charge is 0.268 e. The number of alkyl halides is 2. The minimum Gasteiger partial charge on any atom is -0.383 e. The van der Waals surface area contributed by atoms with Crippen LogP contribution in [0.4, 0.5) is 37.6 Å². The van der Waals surface area contributed by atoms with Crippen molar-refractivity contribution in [1.29, 1.82) is 0 Å². The van der Waals surface area contributed by atoms with E-state index in [-0.39, 0.29) is 35.7 Å². The Kier molecular flexibility index (Phi) is 8.76. The first-order chi connectivity index (χ1) is 19.7. The number of aliphatic hydroxyl groups excluding tert-OH is 1. The zero-order chi connectivity index (χ0) is 29.3. The Hall–Kier alpha value is -3.29. The van der Waals surface area contributed by atoms with Crippen LogP contribution < -0.4 is 25.3 Å². The van der Waals surface area contributed by atoms with E-state index in [4.69, 9.17) is 27.9 Å². The minimum atomic E-state index is -2.98. The molecule has 1 fully saturated rings. The van der Waals surface area contributed by atoms with E-state index in [1.807, 2.05) is 4.90 Å². The van der Waals surface area contributed by atoms with Gasteiger partial charge >= 0.3 is 0 Å². The third-order valence-corrected chi connectivity index (χ3v) is 7.58. The van der Waals surface area contributed by atoms with Crippen LogP contribution in [0.3, 0.4) is 0 Å². The van der Waals surface area contributed by atoms with E-state index in [1.165, 1.54) is 17.2 Å². The van der Waals surface area contributed by atoms with Crippen LogP contribution in [0.5, 0.6) is 0 Å². The highest BCUT2D eigenvalue weighted by Gasteiger charge is 2.33. The van der Waals surface area contributed by atoms with Crippen molar-refractivity contribution in [1.82, 2.24) is 15.3 Å². The van der Waals surface area contributed by atoms with E-state index in [1.54, 1.807) is 49.4 Å². The van der Waals surface area contributed by atoms with Crippen molar-refractivity contribution in [2.75, 3.05) is 67.1 Å². The number of aromatic nitrogens is 2. The summed E-state index contributed by atoms with van der Waals surface area (Å²) < 4.78 is 32.6. The summed E-state index contributed by atoms with van der Waals surface area (Å²) >= 11 is 12.7. The van der Waals surface area contributed by atoms with Gasteiger partial charge in [0, 0.05) is 63.0 Å². The third kappa shape index (κ3) is 6.02. The summed E-state index contributed by atoms with van der Waals surface area (Å²) in [5.41, 5.74) is 1.64. The van der Waals surface area contributed by atoms with Gasteiger partial charge in [0.1, 0.15) is 17.5 Å². The molecule has 0 spiro atoms. The van der Waals surface area contributed by atoms with Gasteiger partial charge in [-0.05, 0) is 30.3 Å². The molecule has 5 rings (SSSR count). The van der Waals surface area contributed by atoms with Gasteiger partial charge in [0.2, 0.25) is 5.95 Å². The molecule has 14 heteroatoms. The van der Waals surface area contributed by atoms with Gasteiger partial charge in [-0.2, -0.15) is 4.98 Å². The molecule has 0 bridgehead atoms. The van der Waals surface area contributed by atoms with Gasteiger partial charge in [0.15, 0.2) is 0 Å². The Labute approximate surface area is 245 Å². The lowest BCUT2D eigenvalue weighted by molar-refractivity contribution is -0.00553. The number of nitrogens with one attached hydrogen (secondary N) is 2. The average molecular weight is 608 g/mol. The van der Waals surface area contributed by atoms with Crippen molar-refractivity contribution in [3.05, 3.63) is 63.8 Å². The van der Waals surface area contributed by atoms with Crippen molar-refractivity contribution in [2.24, 2.45) is 0 Å². The van der Waals surface area contributed by atoms with Crippen molar-refractivity contribution >= 4 is 57.9 Å². The Morgan fingerprint density at radius 2 is 2.00 bits per heavy atom. The fourth-order valence-corrected chi connectivity index (χ4v) is 5.66. The largest absolute Gasteiger partial charge is 0.383 e. The molecule has 3 N–H and O–H groups in total. The molecule has 1 amide bonds. The molecule has 2 aliphatic rings. The number of fused-ring (bicyclic) bond motifs is 1. The van der Waals surface area contributed by atoms with Crippen LogP contribution in [0, 0.1) is 0 Å². The number of carbonyl (C=O) groups excluding carboxylic acids is 1. The molecule has 1 saturated heterocycles. The number of benzene rings is 2. The molecule has 1 unspecified atom stereocenters. The molecule has 218 valence electrons. The second-order valence-electron chi connectivity index (χ2n) is 9.80. The van der Waals surface area contributed by atoms with Gasteiger partial charge in [0.25, 0.3) is 12.3 Å². The monoisotopic (exact) mass is 607 g/mol. The molecular weight excluding hydrogens is 579 g/mol. The summed E-state index contributed by atoms with van der Waals surface area (Å²) in [6, 6.07) is 9.90. The highest BCUT2D eigenvalue weighted by Crippen LogP contribution is 2.38. The molecule has 41 heavy (non-hydrogen) atoms. The van der Waals surface area contributed by atoms with E-state index in [9.17, 15) is 18.7 Å². The van der Waals surface area contributed by atoms with E-state index in [2.05, 4.69) is 20.6 Å². The first kappa shape index (κ1) is 29.2. The number of nitrogens with zero attached hydrogens (tertiary/aromatic N) is 5. The van der Waals surface area contributed by atoms with Crippen molar-refractivity contribution in [2.45, 2.75) is 18.6 Å². The maximum atomic E-state index is 13.7. The molecule has 0 aliphatic carbocycles. The van der Waals surface area contributed by atoms with Crippen molar-refractivity contribution < 1.29 is 23.4 Å². The fourth-order valence-electron chi connectivity index (χ4n) is 5.06. The Bertz CT molecular complexity index is 1410. The SMILES string of the molecule is COCC1CN(c2ccc(Nc3ncc4c(n3)N(C)CN(c3c(Cl)cccc3Cl)C4=O)cc2[C@@H](O)C(F)F)CCN1. The molecule has 3 aromatic rings. The van der Waals surface area contributed by atoms with Crippen LogP contribution in [-0.4, -0.2) is 80.5 Å². The number of hydrogen-bond acceptors (Lipinski definition) is 9. The first-order valence-electron chi connectivity index (χ1n) is 12.9. The number of halogens is 4. The van der Waals surface area contributed by atoms with E-state index in [0.29, 0.717) is 59.2 Å². The normalized spacial score (nSPS) is 18.1. The lowest BCUT2D eigenvalue weighted by Crippen LogP contribution is -2.52. The van der Waals surface area contributed by atoms with Gasteiger partial charge < -0.3 is 30.3 Å². The number of aliphatic hydroxyl groups is 1. The number of amides is 1. The summed E-state index contributed by atoms with van der Waals surface area (Å²) in [5.74, 6) is 0.163. The molecule has 2 atom stereocenters. The van der Waals surface area contributed by atoms with E-state index >= 15 is 0 Å². The van der Waals surface area contributed by atoms with Crippen LogP contribution in [-0.2, 0) is 4.74 Å². The quantitative estimate of drug-likeness (QED) is 0.345. The number of piperazine rings is 1. The van der Waals surface area contributed by atoms with Crippen LogP contribution in [0.2, 0.25) is 10.0 Å². The van der Waals surface area contributed by atoms with Crippen LogP contribution >= 0.6 is 23.2 Å². The Morgan fingerprint density at radius 3 is 2.71 bits per heavy atom. The lowest BCUT2D eigenvalue weighted by atomic mass is 10.0. The fraction of sp³-hybridized carbons (Fsp3) is 0.370. The topological polar surface area (TPSA) is 106 Å². The molecule has 1 aromatic heterocycles. The third-order valence-electron chi connectivity index (χ3n) is 6.97. The summed E-state index contributed by atoms with van der Waals surface area (Å²) in [7, 11) is 3.37. The molecule has 0 radical (unpaired) electrons. The van der Waals surface area contributed by atoms with Gasteiger partial charge in [-0.3, -0.25) is 9.69 Å². The van der Waals surface area contributed by atoms with Gasteiger partial charge in [-0.1, -0.05) is 29.3 Å². The second-order valence-corrected chi connectivity index (χ2v) is 10.6. The summed E-state index contributed by atoms with van der Waals surface area (Å²) in [6.45, 7) is 2.38. The standard InChI is InChI=1S/C27H29Cl2F2N7O3/c1-36-14-38(22-19(28)4-3-5-20(22)29)26(40)18-11-33-27(35-25(18)36)34-15-6-7-21(17(10-15)23(39)24(30)31)37-9-8-32-16(12-37)13-41-2/h3-7,10-11,16,23-24,32,39H,8-9,12-14H2,1-2H3,(H,33,34,35)/t16?,23-/m1/s1. The zero-order valence-electron chi connectivity index (χ0n) is 22.3. The van der Waals surface area contributed by atoms with Crippen molar-refractivity contribution in [3.63, 3.8) is 0 Å². The second kappa shape index (κ2) is 12.3. The summed E-state index contributed by atoms with van der Waals surface area (Å²) in [4.78, 5) is 27.3. The van der Waals surface area contributed by atoms with Gasteiger partial charge in [-0.15, -0.1) is 0 Å². The minimum absolute atomic E-state index is 0.0246. The molecular formula is C27H29Cl2F2N7O3. The molecule has 2 aliphatic heterocycles. The molecule has 2 aromatic carbocycles. The first-order valence-corrected chi connectivity index (χ1v) is 13.6. The Morgan fingerprint density at radius 1 is 1.24 bits per heavy atom.